The zero-order valence-corrected chi connectivity index (χ0v) is 20.7. The molecule has 0 bridgehead atoms. The highest BCUT2D eigenvalue weighted by atomic mass is 32.1. The zero-order chi connectivity index (χ0) is 24.1. The lowest BCUT2D eigenvalue weighted by molar-refractivity contribution is -0.110. The van der Waals surface area contributed by atoms with Gasteiger partial charge in [-0.25, -0.2) is 0 Å². The van der Waals surface area contributed by atoms with Crippen LogP contribution in [0.2, 0.25) is 0 Å². The molecule has 1 aliphatic rings. The van der Waals surface area contributed by atoms with Crippen molar-refractivity contribution in [2.75, 3.05) is 44.8 Å². The van der Waals surface area contributed by atoms with Gasteiger partial charge in [-0.15, -0.1) is 11.3 Å². The SMILES string of the molecule is CC(C)(C)c1cc(NC(=O)/C(=N\O)c2ccc(OCCN3CCOCC3)c3ccccc23)cs1. The number of anilines is 1. The van der Waals surface area contributed by atoms with Gasteiger partial charge in [0.25, 0.3) is 5.91 Å². The van der Waals surface area contributed by atoms with Crippen molar-refractivity contribution in [1.82, 2.24) is 4.90 Å². The van der Waals surface area contributed by atoms with E-state index < -0.39 is 5.91 Å². The first-order chi connectivity index (χ1) is 16.4. The van der Waals surface area contributed by atoms with Crippen molar-refractivity contribution in [3.8, 4) is 5.75 Å². The number of amides is 1. The molecule has 0 spiro atoms. The van der Waals surface area contributed by atoms with Crippen LogP contribution >= 0.6 is 11.3 Å². The number of oxime groups is 1. The molecule has 1 aliphatic heterocycles. The van der Waals surface area contributed by atoms with E-state index in [0.29, 0.717) is 17.9 Å². The molecular formula is C26H31N3O4S. The van der Waals surface area contributed by atoms with E-state index >= 15 is 0 Å². The number of nitrogens with zero attached hydrogens (tertiary/aromatic N) is 2. The Balaban J connectivity index is 1.52. The summed E-state index contributed by atoms with van der Waals surface area (Å²) in [5, 5.41) is 19.5. The minimum Gasteiger partial charge on any atom is -0.492 e. The first kappa shape index (κ1) is 24.2. The lowest BCUT2D eigenvalue weighted by Crippen LogP contribution is -2.38. The zero-order valence-electron chi connectivity index (χ0n) is 19.8. The quantitative estimate of drug-likeness (QED) is 0.290. The molecule has 1 saturated heterocycles. The molecule has 2 aromatic carbocycles. The molecule has 34 heavy (non-hydrogen) atoms. The summed E-state index contributed by atoms with van der Waals surface area (Å²) in [7, 11) is 0. The van der Waals surface area contributed by atoms with Crippen LogP contribution in [0.3, 0.4) is 0 Å². The Morgan fingerprint density at radius 3 is 2.59 bits per heavy atom. The number of rotatable bonds is 7. The van der Waals surface area contributed by atoms with Crippen LogP contribution in [0, 0.1) is 0 Å². The van der Waals surface area contributed by atoms with E-state index in [1.54, 1.807) is 17.4 Å². The summed E-state index contributed by atoms with van der Waals surface area (Å²) in [5.74, 6) is 0.268. The summed E-state index contributed by atoms with van der Waals surface area (Å²) in [6.45, 7) is 11.1. The van der Waals surface area contributed by atoms with Crippen molar-refractivity contribution in [3.63, 3.8) is 0 Å². The van der Waals surface area contributed by atoms with Gasteiger partial charge in [0.15, 0.2) is 5.71 Å². The second kappa shape index (κ2) is 10.5. The lowest BCUT2D eigenvalue weighted by Gasteiger charge is -2.26. The molecule has 8 heteroatoms. The molecule has 1 aromatic heterocycles. The standard InChI is InChI=1S/C26H31N3O4S/c1-26(2,3)23-16-18(17-34-23)27-25(30)24(28-31)21-8-9-22(20-7-5-4-6-19(20)21)33-15-12-29-10-13-32-14-11-29/h4-9,16-17,31H,10-15H2,1-3H3,(H,27,30)/b28-24-. The maximum Gasteiger partial charge on any atom is 0.278 e. The number of fused-ring (bicyclic) bond motifs is 1. The smallest absolute Gasteiger partial charge is 0.278 e. The Hall–Kier alpha value is -2.94. The summed E-state index contributed by atoms with van der Waals surface area (Å²) < 4.78 is 11.5. The summed E-state index contributed by atoms with van der Waals surface area (Å²) in [6, 6.07) is 13.2. The molecule has 0 radical (unpaired) electrons. The van der Waals surface area contributed by atoms with Crippen molar-refractivity contribution in [3.05, 3.63) is 58.3 Å². The van der Waals surface area contributed by atoms with Crippen LogP contribution in [-0.4, -0.2) is 61.2 Å². The van der Waals surface area contributed by atoms with Crippen LogP contribution in [0.5, 0.6) is 5.75 Å². The van der Waals surface area contributed by atoms with Gasteiger partial charge in [-0.2, -0.15) is 0 Å². The Morgan fingerprint density at radius 1 is 1.18 bits per heavy atom. The second-order valence-electron chi connectivity index (χ2n) is 9.31. The van der Waals surface area contributed by atoms with E-state index in [2.05, 4.69) is 36.1 Å². The lowest BCUT2D eigenvalue weighted by atomic mass is 9.95. The molecular weight excluding hydrogens is 450 g/mol. The van der Waals surface area contributed by atoms with E-state index in [0.717, 1.165) is 54.2 Å². The van der Waals surface area contributed by atoms with Crippen molar-refractivity contribution >= 4 is 39.4 Å². The van der Waals surface area contributed by atoms with Gasteiger partial charge < -0.3 is 20.0 Å². The predicted octanol–water partition coefficient (Wildman–Crippen LogP) is 4.73. The first-order valence-electron chi connectivity index (χ1n) is 11.4. The highest BCUT2D eigenvalue weighted by Gasteiger charge is 2.21. The highest BCUT2D eigenvalue weighted by molar-refractivity contribution is 7.10. The molecule has 0 saturated carbocycles. The van der Waals surface area contributed by atoms with E-state index in [1.165, 1.54) is 0 Å². The van der Waals surface area contributed by atoms with Crippen LogP contribution in [0.15, 0.2) is 53.0 Å². The third-order valence-electron chi connectivity index (χ3n) is 5.82. The predicted molar refractivity (Wildman–Crippen MR) is 137 cm³/mol. The molecule has 1 amide bonds. The number of morpholine rings is 1. The van der Waals surface area contributed by atoms with E-state index in [9.17, 15) is 10.0 Å². The van der Waals surface area contributed by atoms with Crippen LogP contribution in [0.25, 0.3) is 10.8 Å². The number of benzene rings is 2. The minimum absolute atomic E-state index is 0.00461. The number of hydrogen-bond donors (Lipinski definition) is 2. The van der Waals surface area contributed by atoms with Gasteiger partial charge in [0, 0.05) is 40.8 Å². The fourth-order valence-electron chi connectivity index (χ4n) is 3.92. The van der Waals surface area contributed by atoms with Gasteiger partial charge >= 0.3 is 0 Å². The van der Waals surface area contributed by atoms with Crippen LogP contribution in [0.4, 0.5) is 5.69 Å². The Bertz CT molecular complexity index is 1180. The molecule has 0 aliphatic carbocycles. The molecule has 2 heterocycles. The molecule has 0 unspecified atom stereocenters. The van der Waals surface area contributed by atoms with E-state index in [1.807, 2.05) is 41.8 Å². The van der Waals surface area contributed by atoms with Crippen molar-refractivity contribution < 1.29 is 19.5 Å². The van der Waals surface area contributed by atoms with Gasteiger partial charge in [-0.1, -0.05) is 50.2 Å². The molecule has 1 fully saturated rings. The van der Waals surface area contributed by atoms with Gasteiger partial charge in [-0.3, -0.25) is 9.69 Å². The highest BCUT2D eigenvalue weighted by Crippen LogP contribution is 2.32. The fourth-order valence-corrected chi connectivity index (χ4v) is 4.85. The normalized spacial score (nSPS) is 15.4. The molecule has 0 atom stereocenters. The van der Waals surface area contributed by atoms with E-state index in [-0.39, 0.29) is 11.1 Å². The number of ether oxygens (including phenoxy) is 2. The molecule has 3 aromatic rings. The van der Waals surface area contributed by atoms with Gasteiger partial charge in [-0.05, 0) is 29.0 Å². The summed E-state index contributed by atoms with van der Waals surface area (Å²) in [6.07, 6.45) is 0. The number of thiophene rings is 1. The van der Waals surface area contributed by atoms with Crippen LogP contribution < -0.4 is 10.1 Å². The van der Waals surface area contributed by atoms with Crippen molar-refractivity contribution in [2.24, 2.45) is 5.16 Å². The topological polar surface area (TPSA) is 83.4 Å². The number of carbonyl (C=O) groups excluding carboxylic acids is 1. The Labute approximate surface area is 204 Å². The maximum atomic E-state index is 13.0. The third-order valence-corrected chi connectivity index (χ3v) is 7.18. The summed E-state index contributed by atoms with van der Waals surface area (Å²) in [5.41, 5.74) is 1.19. The van der Waals surface area contributed by atoms with Crippen LogP contribution in [-0.2, 0) is 14.9 Å². The monoisotopic (exact) mass is 481 g/mol. The Kier molecular flexibility index (Phi) is 7.50. The van der Waals surface area contributed by atoms with E-state index in [4.69, 9.17) is 9.47 Å². The Morgan fingerprint density at radius 2 is 1.91 bits per heavy atom. The number of carbonyl (C=O) groups is 1. The number of hydrogen-bond acceptors (Lipinski definition) is 7. The molecule has 180 valence electrons. The third kappa shape index (κ3) is 5.58. The van der Waals surface area contributed by atoms with Crippen LogP contribution in [0.1, 0.15) is 31.2 Å². The molecule has 4 rings (SSSR count). The summed E-state index contributed by atoms with van der Waals surface area (Å²) >= 11 is 1.59. The van der Waals surface area contributed by atoms with Gasteiger partial charge in [0.05, 0.1) is 18.9 Å². The summed E-state index contributed by atoms with van der Waals surface area (Å²) in [4.78, 5) is 16.5. The van der Waals surface area contributed by atoms with Crippen molar-refractivity contribution in [2.45, 2.75) is 26.2 Å². The fraction of sp³-hybridized carbons (Fsp3) is 0.385. The molecule has 2 N–H and O–H groups in total. The molecule has 7 nitrogen and oxygen atoms in total. The first-order valence-corrected chi connectivity index (χ1v) is 12.3. The number of nitrogens with one attached hydrogen (secondary N) is 1. The maximum absolute atomic E-state index is 13.0. The van der Waals surface area contributed by atoms with Gasteiger partial charge in [0.2, 0.25) is 0 Å². The average molecular weight is 482 g/mol. The van der Waals surface area contributed by atoms with Crippen molar-refractivity contribution in [1.29, 1.82) is 0 Å². The largest absolute Gasteiger partial charge is 0.492 e. The minimum atomic E-state index is -0.466. The second-order valence-corrected chi connectivity index (χ2v) is 10.2. The average Bonchev–Trinajstić information content (AvgIpc) is 3.30. The van der Waals surface area contributed by atoms with Gasteiger partial charge in [0.1, 0.15) is 12.4 Å².